The maximum Gasteiger partial charge on any atom is 0.242 e. The molecule has 0 bridgehead atoms. The zero-order valence-corrected chi connectivity index (χ0v) is 18.5. The number of hydrogen-bond donors (Lipinski definition) is 1. The minimum absolute atomic E-state index is 0.0910. The molecule has 0 radical (unpaired) electrons. The van der Waals surface area contributed by atoms with E-state index in [1.54, 1.807) is 30.0 Å². The van der Waals surface area contributed by atoms with Crippen molar-refractivity contribution in [2.75, 3.05) is 19.0 Å². The monoisotopic (exact) mass is 459 g/mol. The average molecular weight is 460 g/mol. The highest BCUT2D eigenvalue weighted by Gasteiger charge is 2.26. The van der Waals surface area contributed by atoms with Crippen LogP contribution >= 0.6 is 23.4 Å². The largest absolute Gasteiger partial charge is 0.495 e. The van der Waals surface area contributed by atoms with E-state index in [1.165, 1.54) is 11.8 Å². The van der Waals surface area contributed by atoms with Crippen molar-refractivity contribution in [3.8, 4) is 5.75 Å². The van der Waals surface area contributed by atoms with E-state index in [0.717, 1.165) is 25.0 Å². The maximum absolute atomic E-state index is 13.3. The number of carbonyl (C=O) groups is 1. The van der Waals surface area contributed by atoms with E-state index in [1.807, 2.05) is 30.3 Å². The summed E-state index contributed by atoms with van der Waals surface area (Å²) in [6.07, 6.45) is 2.10. The van der Waals surface area contributed by atoms with Crippen LogP contribution in [0.4, 0.5) is 5.69 Å². The number of carbonyl (C=O) groups excluding carboxylic acids is 1. The van der Waals surface area contributed by atoms with Crippen LogP contribution in [-0.4, -0.2) is 45.9 Å². The van der Waals surface area contributed by atoms with Gasteiger partial charge >= 0.3 is 0 Å². The third-order valence-electron chi connectivity index (χ3n) is 4.88. The molecular weight excluding hydrogens is 438 g/mol. The first-order chi connectivity index (χ1) is 15.1. The molecule has 1 amide bonds. The quantitative estimate of drug-likeness (QED) is 0.509. The number of ether oxygens (including phenoxy) is 2. The van der Waals surface area contributed by atoms with Crippen LogP contribution in [0.5, 0.6) is 5.75 Å². The highest BCUT2D eigenvalue weighted by atomic mass is 35.5. The van der Waals surface area contributed by atoms with E-state index in [2.05, 4.69) is 20.8 Å². The van der Waals surface area contributed by atoms with Crippen molar-refractivity contribution in [1.29, 1.82) is 0 Å². The van der Waals surface area contributed by atoms with Crippen LogP contribution in [0.2, 0.25) is 5.02 Å². The van der Waals surface area contributed by atoms with Gasteiger partial charge in [0.05, 0.1) is 24.8 Å². The molecule has 2 aromatic carbocycles. The molecule has 0 spiro atoms. The third kappa shape index (κ3) is 5.36. The first-order valence-electron chi connectivity index (χ1n) is 9.88. The second-order valence-electron chi connectivity index (χ2n) is 7.03. The Bertz CT molecular complexity index is 1030. The zero-order chi connectivity index (χ0) is 21.6. The van der Waals surface area contributed by atoms with Crippen molar-refractivity contribution in [3.63, 3.8) is 0 Å². The Balaban J connectivity index is 1.55. The minimum atomic E-state index is -0.559. The van der Waals surface area contributed by atoms with E-state index < -0.39 is 5.25 Å². The predicted octanol–water partition coefficient (Wildman–Crippen LogP) is 3.99. The summed E-state index contributed by atoms with van der Waals surface area (Å²) in [5, 5.41) is 15.4. The molecule has 1 fully saturated rings. The van der Waals surface area contributed by atoms with Crippen LogP contribution < -0.4 is 10.1 Å². The fourth-order valence-electron chi connectivity index (χ4n) is 3.33. The Labute approximate surface area is 189 Å². The normalized spacial score (nSPS) is 16.8. The van der Waals surface area contributed by atoms with Crippen molar-refractivity contribution in [1.82, 2.24) is 20.2 Å². The van der Waals surface area contributed by atoms with Gasteiger partial charge in [0.25, 0.3) is 0 Å². The summed E-state index contributed by atoms with van der Waals surface area (Å²) in [5.41, 5.74) is 1.42. The van der Waals surface area contributed by atoms with Gasteiger partial charge in [0.15, 0.2) is 0 Å². The third-order valence-corrected chi connectivity index (χ3v) is 6.40. The Morgan fingerprint density at radius 1 is 1.35 bits per heavy atom. The number of anilines is 1. The molecule has 0 unspecified atom stereocenters. The molecule has 0 aliphatic carbocycles. The van der Waals surface area contributed by atoms with Crippen LogP contribution in [0.25, 0.3) is 0 Å². The number of tetrazole rings is 1. The lowest BCUT2D eigenvalue weighted by Crippen LogP contribution is -2.21. The average Bonchev–Trinajstić information content (AvgIpc) is 3.45. The van der Waals surface area contributed by atoms with Gasteiger partial charge in [0.1, 0.15) is 11.0 Å². The lowest BCUT2D eigenvalue weighted by molar-refractivity contribution is -0.115. The zero-order valence-electron chi connectivity index (χ0n) is 16.9. The number of nitrogens with one attached hydrogen (secondary N) is 1. The molecule has 0 saturated carbocycles. The number of hydrogen-bond acceptors (Lipinski definition) is 7. The van der Waals surface area contributed by atoms with Gasteiger partial charge in [-0.2, -0.15) is 0 Å². The Morgan fingerprint density at radius 3 is 2.90 bits per heavy atom. The lowest BCUT2D eigenvalue weighted by Gasteiger charge is -2.17. The number of thioether (sulfide) groups is 1. The lowest BCUT2D eigenvalue weighted by atomic mass is 10.1. The second kappa shape index (κ2) is 10.1. The van der Waals surface area contributed by atoms with Gasteiger partial charge in [-0.15, -0.1) is 5.10 Å². The van der Waals surface area contributed by atoms with Gasteiger partial charge in [-0.25, -0.2) is 4.68 Å². The summed E-state index contributed by atoms with van der Waals surface area (Å²) in [5.74, 6) is 0.339. The molecule has 3 aromatic rings. The number of amides is 1. The number of aromatic nitrogens is 4. The van der Waals surface area contributed by atoms with Gasteiger partial charge in [-0.1, -0.05) is 53.7 Å². The highest BCUT2D eigenvalue weighted by Crippen LogP contribution is 2.36. The van der Waals surface area contributed by atoms with E-state index in [-0.39, 0.29) is 12.0 Å². The van der Waals surface area contributed by atoms with Crippen LogP contribution in [0.15, 0.2) is 53.7 Å². The van der Waals surface area contributed by atoms with Gasteiger partial charge in [0.2, 0.25) is 11.1 Å². The Hall–Kier alpha value is -2.62. The molecule has 4 rings (SSSR count). The molecule has 1 aromatic heterocycles. The Morgan fingerprint density at radius 2 is 2.19 bits per heavy atom. The summed E-state index contributed by atoms with van der Waals surface area (Å²) < 4.78 is 12.6. The van der Waals surface area contributed by atoms with E-state index in [9.17, 15) is 4.79 Å². The number of nitrogens with zero attached hydrogens (tertiary/aromatic N) is 4. The maximum atomic E-state index is 13.3. The fourth-order valence-corrected chi connectivity index (χ4v) is 4.58. The predicted molar refractivity (Wildman–Crippen MR) is 118 cm³/mol. The van der Waals surface area contributed by atoms with Crippen molar-refractivity contribution >= 4 is 35.0 Å². The van der Waals surface area contributed by atoms with Gasteiger partial charge in [-0.05, 0) is 47.0 Å². The first kappa shape index (κ1) is 21.6. The first-order valence-corrected chi connectivity index (χ1v) is 11.1. The molecule has 1 aliphatic heterocycles. The molecule has 1 aliphatic rings. The molecule has 1 N–H and O–H groups in total. The number of methoxy groups -OCH3 is 1. The molecule has 1 saturated heterocycles. The summed E-state index contributed by atoms with van der Waals surface area (Å²) in [6.45, 7) is 1.32. The molecule has 8 nitrogen and oxygen atoms in total. The van der Waals surface area contributed by atoms with E-state index in [4.69, 9.17) is 21.1 Å². The van der Waals surface area contributed by atoms with Crippen LogP contribution in [0, 0.1) is 0 Å². The minimum Gasteiger partial charge on any atom is -0.495 e. The van der Waals surface area contributed by atoms with Crippen molar-refractivity contribution < 1.29 is 14.3 Å². The smallest absolute Gasteiger partial charge is 0.242 e. The summed E-state index contributed by atoms with van der Waals surface area (Å²) >= 11 is 7.50. The number of halogens is 1. The van der Waals surface area contributed by atoms with Gasteiger partial charge in [-0.3, -0.25) is 4.79 Å². The van der Waals surface area contributed by atoms with Crippen molar-refractivity contribution in [3.05, 3.63) is 59.1 Å². The summed E-state index contributed by atoms with van der Waals surface area (Å²) in [6, 6.07) is 14.6. The van der Waals surface area contributed by atoms with Crippen LogP contribution in [-0.2, 0) is 16.1 Å². The molecule has 31 heavy (non-hydrogen) atoms. The van der Waals surface area contributed by atoms with Crippen molar-refractivity contribution in [2.45, 2.75) is 35.9 Å². The summed E-state index contributed by atoms with van der Waals surface area (Å²) in [4.78, 5) is 13.3. The van der Waals surface area contributed by atoms with E-state index in [0.29, 0.717) is 28.2 Å². The fraction of sp³-hybridized carbons (Fsp3) is 0.333. The molecule has 2 atom stereocenters. The number of rotatable bonds is 8. The molecule has 10 heteroatoms. The topological polar surface area (TPSA) is 91.2 Å². The SMILES string of the molecule is COc1ccc(NC(=O)[C@H](Sc2nnnn2C[C@H]2CCCO2)c2ccccc2)cc1Cl. The van der Waals surface area contributed by atoms with Crippen LogP contribution in [0.1, 0.15) is 23.7 Å². The molecule has 162 valence electrons. The second-order valence-corrected chi connectivity index (χ2v) is 8.51. The molecular formula is C21H22ClN5O3S. The summed E-state index contributed by atoms with van der Waals surface area (Å²) in [7, 11) is 1.54. The Kier molecular flexibility index (Phi) is 7.06. The van der Waals surface area contributed by atoms with Crippen molar-refractivity contribution in [2.24, 2.45) is 0 Å². The standard InChI is InChI=1S/C21H22ClN5O3S/c1-29-18-10-9-15(12-17(18)22)23-20(28)19(14-6-3-2-4-7-14)31-21-24-25-26-27(21)13-16-8-5-11-30-16/h2-4,6-7,9-10,12,16,19H,5,8,11,13H2,1H3,(H,23,28)/t16-,19-/m1/s1. The van der Waals surface area contributed by atoms with Crippen LogP contribution in [0.3, 0.4) is 0 Å². The van der Waals surface area contributed by atoms with Gasteiger partial charge < -0.3 is 14.8 Å². The van der Waals surface area contributed by atoms with Gasteiger partial charge in [0, 0.05) is 12.3 Å². The number of benzene rings is 2. The molecule has 2 heterocycles. The highest BCUT2D eigenvalue weighted by molar-refractivity contribution is 8.00. The van der Waals surface area contributed by atoms with E-state index >= 15 is 0 Å².